The maximum atomic E-state index is 2.94. The molecule has 0 aliphatic carbocycles. The van der Waals surface area contributed by atoms with Gasteiger partial charge in [0.1, 0.15) is 0 Å². The Bertz CT molecular complexity index is 54.8. The molecule has 0 radical (unpaired) electrons. The number of rotatable bonds is 1. The second-order valence-corrected chi connectivity index (χ2v) is 1.89. The molecule has 0 amide bonds. The van der Waals surface area contributed by atoms with Crippen molar-refractivity contribution in [3.63, 3.8) is 0 Å². The van der Waals surface area contributed by atoms with Gasteiger partial charge in [-0.05, 0) is 6.92 Å². The average molecular weight is 104 g/mol. The zero-order valence-corrected chi connectivity index (χ0v) is 4.96. The lowest BCUT2D eigenvalue weighted by Gasteiger charge is -1.90. The molecule has 3 atom stereocenters. The molecule has 1 N–H and O–H groups in total. The first-order chi connectivity index (χ1) is 2.84. The number of hydrogen-bond donors (Lipinski definition) is 1. The highest BCUT2D eigenvalue weighted by Gasteiger charge is 2.26. The average Bonchev–Trinajstić information content (AvgIpc) is 2.19. The highest BCUT2D eigenvalue weighted by molar-refractivity contribution is 7.13. The Labute approximate surface area is 40.1 Å². The monoisotopic (exact) mass is 104 g/mol. The Kier molecular flexibility index (Phi) is 1.09. The van der Waals surface area contributed by atoms with Gasteiger partial charge in [0, 0.05) is 12.6 Å². The van der Waals surface area contributed by atoms with Crippen LogP contribution < -0.4 is 5.20 Å². The Hall–Kier alpha value is 0.350. The summed E-state index contributed by atoms with van der Waals surface area (Å²) in [5.74, 6) is 0. The zero-order valence-electron chi connectivity index (χ0n) is 3.81. The summed E-state index contributed by atoms with van der Waals surface area (Å²) < 4.78 is 0. The molecule has 1 rings (SSSR count). The van der Waals surface area contributed by atoms with E-state index in [0.29, 0.717) is 0 Å². The van der Waals surface area contributed by atoms with Crippen LogP contribution in [0, 0.1) is 0 Å². The quantitative estimate of drug-likeness (QED) is 0.371. The van der Waals surface area contributed by atoms with Crippen molar-refractivity contribution in [2.45, 2.75) is 13.0 Å². The van der Waals surface area contributed by atoms with Crippen molar-refractivity contribution in [2.75, 3.05) is 6.54 Å². The standard InChI is InChI=1S/C3H9N2P/c1-3-2-5(3)4-6/h3-4H,2,6H2,1H3. The van der Waals surface area contributed by atoms with Crippen molar-refractivity contribution in [2.24, 2.45) is 0 Å². The minimum Gasteiger partial charge on any atom is -0.239 e. The molecule has 0 aromatic carbocycles. The van der Waals surface area contributed by atoms with E-state index in [9.17, 15) is 0 Å². The normalized spacial score (nSPS) is 43.0. The maximum absolute atomic E-state index is 2.94. The van der Waals surface area contributed by atoms with Gasteiger partial charge in [-0.2, -0.15) is 0 Å². The highest BCUT2D eigenvalue weighted by atomic mass is 31.0. The van der Waals surface area contributed by atoms with E-state index in [2.05, 4.69) is 26.5 Å². The van der Waals surface area contributed by atoms with Crippen molar-refractivity contribution >= 4 is 9.39 Å². The Morgan fingerprint density at radius 3 is 2.50 bits per heavy atom. The Morgan fingerprint density at radius 1 is 2.00 bits per heavy atom. The van der Waals surface area contributed by atoms with E-state index in [1.54, 1.807) is 0 Å². The summed E-state index contributed by atoms with van der Waals surface area (Å²) in [6.07, 6.45) is 0. The van der Waals surface area contributed by atoms with Crippen LogP contribution in [0.4, 0.5) is 0 Å². The Balaban J connectivity index is 2.09. The molecule has 0 bridgehead atoms. The first-order valence-corrected chi connectivity index (χ1v) is 2.65. The van der Waals surface area contributed by atoms with Crippen LogP contribution in [-0.2, 0) is 0 Å². The third kappa shape index (κ3) is 0.700. The van der Waals surface area contributed by atoms with Crippen LogP contribution in [0.25, 0.3) is 0 Å². The van der Waals surface area contributed by atoms with Crippen molar-refractivity contribution < 1.29 is 0 Å². The molecule has 0 spiro atoms. The first kappa shape index (κ1) is 4.51. The fourth-order valence-electron chi connectivity index (χ4n) is 0.417. The molecular formula is C3H9N2P. The number of nitrogens with one attached hydrogen (secondary N) is 1. The number of nitrogens with zero attached hydrogens (tertiary/aromatic N) is 1. The minimum absolute atomic E-state index is 0.766. The van der Waals surface area contributed by atoms with Gasteiger partial charge in [0.15, 0.2) is 0 Å². The first-order valence-electron chi connectivity index (χ1n) is 2.07. The number of hydrazine groups is 1. The summed E-state index contributed by atoms with van der Waals surface area (Å²) in [4.78, 5) is 0. The molecule has 6 heavy (non-hydrogen) atoms. The van der Waals surface area contributed by atoms with Crippen LogP contribution in [0.2, 0.25) is 0 Å². The second kappa shape index (κ2) is 1.45. The molecule has 0 saturated carbocycles. The largest absolute Gasteiger partial charge is 0.239 e. The van der Waals surface area contributed by atoms with Crippen LogP contribution in [0.15, 0.2) is 0 Å². The molecule has 1 heterocycles. The lowest BCUT2D eigenvalue weighted by molar-refractivity contribution is 0.498. The predicted octanol–water partition coefficient (Wildman–Crippen LogP) is -0.0148. The summed E-state index contributed by atoms with van der Waals surface area (Å²) in [5.41, 5.74) is 0. The van der Waals surface area contributed by atoms with E-state index in [1.165, 1.54) is 6.54 Å². The van der Waals surface area contributed by atoms with Gasteiger partial charge in [-0.15, -0.1) is 0 Å². The van der Waals surface area contributed by atoms with Gasteiger partial charge in [0.05, 0.1) is 0 Å². The van der Waals surface area contributed by atoms with Crippen molar-refractivity contribution in [1.82, 2.24) is 10.2 Å². The molecule has 0 aromatic heterocycles. The van der Waals surface area contributed by atoms with E-state index in [4.69, 9.17) is 0 Å². The lowest BCUT2D eigenvalue weighted by atomic mass is 10.6. The predicted molar refractivity (Wildman–Crippen MR) is 29.0 cm³/mol. The molecule has 1 saturated heterocycles. The summed E-state index contributed by atoms with van der Waals surface area (Å²) >= 11 is 0. The van der Waals surface area contributed by atoms with Crippen LogP contribution in [0.1, 0.15) is 6.92 Å². The van der Waals surface area contributed by atoms with E-state index in [-0.39, 0.29) is 0 Å². The van der Waals surface area contributed by atoms with E-state index in [1.807, 2.05) is 0 Å². The van der Waals surface area contributed by atoms with Crippen LogP contribution in [0.5, 0.6) is 0 Å². The van der Waals surface area contributed by atoms with Gasteiger partial charge in [0.25, 0.3) is 0 Å². The van der Waals surface area contributed by atoms with E-state index in [0.717, 1.165) is 6.04 Å². The summed E-state index contributed by atoms with van der Waals surface area (Å²) in [7, 11) is 2.46. The molecular weight excluding hydrogens is 95.0 g/mol. The maximum Gasteiger partial charge on any atom is 0.0360 e. The smallest absolute Gasteiger partial charge is 0.0360 e. The molecule has 1 fully saturated rings. The topological polar surface area (TPSA) is 15.0 Å². The zero-order chi connectivity index (χ0) is 4.57. The second-order valence-electron chi connectivity index (χ2n) is 1.63. The fraction of sp³-hybridized carbons (Fsp3) is 1.00. The molecule has 1 aliphatic rings. The molecule has 1 aliphatic heterocycles. The van der Waals surface area contributed by atoms with Crippen molar-refractivity contribution in [3.8, 4) is 0 Å². The molecule has 3 unspecified atom stereocenters. The van der Waals surface area contributed by atoms with Gasteiger partial charge >= 0.3 is 0 Å². The van der Waals surface area contributed by atoms with Gasteiger partial charge in [-0.3, -0.25) is 0 Å². The molecule has 3 heteroatoms. The van der Waals surface area contributed by atoms with Crippen molar-refractivity contribution in [1.29, 1.82) is 0 Å². The van der Waals surface area contributed by atoms with E-state index < -0.39 is 0 Å². The summed E-state index contributed by atoms with van der Waals surface area (Å²) in [6.45, 7) is 3.38. The van der Waals surface area contributed by atoms with Crippen LogP contribution >= 0.6 is 9.39 Å². The van der Waals surface area contributed by atoms with Crippen LogP contribution in [0.3, 0.4) is 0 Å². The molecule has 36 valence electrons. The molecule has 0 aromatic rings. The molecule has 2 nitrogen and oxygen atoms in total. The third-order valence-corrected chi connectivity index (χ3v) is 1.36. The third-order valence-electron chi connectivity index (χ3n) is 1.03. The SMILES string of the molecule is CC1CN1NP. The van der Waals surface area contributed by atoms with Crippen molar-refractivity contribution in [3.05, 3.63) is 0 Å². The summed E-state index contributed by atoms with van der Waals surface area (Å²) in [6, 6.07) is 0.766. The lowest BCUT2D eigenvalue weighted by Crippen LogP contribution is -2.07. The Morgan fingerprint density at radius 2 is 2.50 bits per heavy atom. The fourth-order valence-corrected chi connectivity index (χ4v) is 0.777. The van der Waals surface area contributed by atoms with E-state index >= 15 is 0 Å². The van der Waals surface area contributed by atoms with Crippen LogP contribution in [-0.4, -0.2) is 17.6 Å². The van der Waals surface area contributed by atoms with Gasteiger partial charge in [-0.1, -0.05) is 9.39 Å². The minimum atomic E-state index is 0.766. The van der Waals surface area contributed by atoms with Gasteiger partial charge in [-0.25, -0.2) is 10.2 Å². The van der Waals surface area contributed by atoms with Gasteiger partial charge in [0.2, 0.25) is 0 Å². The summed E-state index contributed by atoms with van der Waals surface area (Å²) in [5, 5.41) is 5.07. The number of hydrogen-bond acceptors (Lipinski definition) is 2. The highest BCUT2D eigenvalue weighted by Crippen LogP contribution is 2.11. The van der Waals surface area contributed by atoms with Gasteiger partial charge < -0.3 is 0 Å².